The average molecular weight is 503 g/mol. The average Bonchev–Trinajstić information content (AvgIpc) is 3.20. The van der Waals surface area contributed by atoms with Gasteiger partial charge in [0, 0.05) is 26.2 Å². The number of hydrogen-bond acceptors (Lipinski definition) is 8. The lowest BCUT2D eigenvalue weighted by atomic mass is 10.3. The van der Waals surface area contributed by atoms with Crippen LogP contribution in [-0.2, 0) is 11.3 Å². The second-order valence-corrected chi connectivity index (χ2v) is 7.65. The third-order valence-corrected chi connectivity index (χ3v) is 5.43. The van der Waals surface area contributed by atoms with Gasteiger partial charge in [0.2, 0.25) is 5.95 Å². The third-order valence-electron chi connectivity index (χ3n) is 5.11. The number of hydrogen-bond donors (Lipinski definition) is 2. The molecule has 0 radical (unpaired) electrons. The van der Waals surface area contributed by atoms with Gasteiger partial charge in [0.1, 0.15) is 0 Å². The Bertz CT molecular complexity index is 1360. The molecule has 0 saturated carbocycles. The Hall–Kier alpha value is -3.36. The minimum absolute atomic E-state index is 0.191. The first-order chi connectivity index (χ1) is 16.1. The van der Waals surface area contributed by atoms with Gasteiger partial charge in [-0.25, -0.2) is 9.59 Å². The summed E-state index contributed by atoms with van der Waals surface area (Å²) in [6.07, 6.45) is -5.46. The smallest absolute Gasteiger partial charge is 0.395 e. The lowest BCUT2D eigenvalue weighted by Gasteiger charge is -2.28. The van der Waals surface area contributed by atoms with Gasteiger partial charge in [0.15, 0.2) is 11.2 Å². The summed E-state index contributed by atoms with van der Waals surface area (Å²) in [5.74, 6) is -2.56. The zero-order valence-corrected chi connectivity index (χ0v) is 18.1. The standard InChI is InChI=1S/C19H18ClF3N6O5/c20-11-3-1-2-4-12(11)28-13-14(25-17(28)26-7-5-24-6-8-26)27(9-10-30)18(33)29(15(13)31)34-16(32)19(21,22)23/h1-4,24,30H,5-10H2. The van der Waals surface area contributed by atoms with Crippen molar-refractivity contribution >= 4 is 34.7 Å². The molecule has 15 heteroatoms. The molecule has 1 aliphatic heterocycles. The Labute approximate surface area is 193 Å². The summed E-state index contributed by atoms with van der Waals surface area (Å²) < 4.78 is 40.2. The van der Waals surface area contributed by atoms with Gasteiger partial charge in [-0.15, -0.1) is 0 Å². The van der Waals surface area contributed by atoms with E-state index in [1.54, 1.807) is 23.1 Å². The molecular weight excluding hydrogens is 485 g/mol. The highest BCUT2D eigenvalue weighted by molar-refractivity contribution is 6.32. The first-order valence-corrected chi connectivity index (χ1v) is 10.4. The Morgan fingerprint density at radius 3 is 2.50 bits per heavy atom. The van der Waals surface area contributed by atoms with Crippen LogP contribution in [-0.4, -0.2) is 68.9 Å². The van der Waals surface area contributed by atoms with Crippen molar-refractivity contribution in [2.24, 2.45) is 0 Å². The molecule has 0 bridgehead atoms. The van der Waals surface area contributed by atoms with Gasteiger partial charge in [-0.2, -0.15) is 18.2 Å². The van der Waals surface area contributed by atoms with Crippen LogP contribution in [0.5, 0.6) is 0 Å². The van der Waals surface area contributed by atoms with Gasteiger partial charge in [-0.1, -0.05) is 28.5 Å². The second-order valence-electron chi connectivity index (χ2n) is 7.24. The van der Waals surface area contributed by atoms with Crippen LogP contribution in [0, 0.1) is 0 Å². The van der Waals surface area contributed by atoms with Crippen molar-refractivity contribution in [1.29, 1.82) is 0 Å². The molecular formula is C19H18ClF3N6O5. The number of halogens is 4. The van der Waals surface area contributed by atoms with Crippen molar-refractivity contribution in [2.75, 3.05) is 37.7 Å². The van der Waals surface area contributed by atoms with Crippen molar-refractivity contribution in [2.45, 2.75) is 12.7 Å². The van der Waals surface area contributed by atoms with E-state index >= 15 is 0 Å². The molecule has 1 aromatic carbocycles. The van der Waals surface area contributed by atoms with E-state index in [-0.39, 0.29) is 32.6 Å². The fourth-order valence-corrected chi connectivity index (χ4v) is 3.84. The summed E-state index contributed by atoms with van der Waals surface area (Å²) in [6.45, 7) is 1.07. The van der Waals surface area contributed by atoms with Crippen molar-refractivity contribution in [3.05, 3.63) is 50.1 Å². The minimum Gasteiger partial charge on any atom is -0.395 e. The number of fused-ring (bicyclic) bond motifs is 1. The Kier molecular flexibility index (Phi) is 6.38. The summed E-state index contributed by atoms with van der Waals surface area (Å²) in [5, 5.41) is 12.8. The molecule has 0 unspecified atom stereocenters. The summed E-state index contributed by atoms with van der Waals surface area (Å²) in [7, 11) is 0. The molecule has 3 aromatic rings. The van der Waals surface area contributed by atoms with Gasteiger partial charge in [0.05, 0.1) is 23.9 Å². The largest absolute Gasteiger partial charge is 0.493 e. The fraction of sp³-hybridized carbons (Fsp3) is 0.368. The number of anilines is 1. The number of rotatable bonds is 5. The lowest BCUT2D eigenvalue weighted by molar-refractivity contribution is -0.200. The molecule has 4 rings (SSSR count). The van der Waals surface area contributed by atoms with Crippen molar-refractivity contribution < 1.29 is 27.9 Å². The number of nitrogens with one attached hydrogen (secondary N) is 1. The number of aliphatic hydroxyl groups excluding tert-OH is 1. The highest BCUT2D eigenvalue weighted by Gasteiger charge is 2.43. The molecule has 0 aliphatic carbocycles. The first-order valence-electron chi connectivity index (χ1n) is 10.0. The molecule has 1 fully saturated rings. The van der Waals surface area contributed by atoms with Crippen molar-refractivity contribution in [1.82, 2.24) is 24.2 Å². The molecule has 1 aliphatic rings. The molecule has 0 spiro atoms. The number of carbonyl (C=O) groups excluding carboxylic acids is 1. The molecule has 1 saturated heterocycles. The monoisotopic (exact) mass is 502 g/mol. The number of piperazine rings is 1. The lowest BCUT2D eigenvalue weighted by Crippen LogP contribution is -2.48. The van der Waals surface area contributed by atoms with Crippen LogP contribution >= 0.6 is 11.6 Å². The maximum absolute atomic E-state index is 13.3. The van der Waals surface area contributed by atoms with E-state index in [2.05, 4.69) is 15.1 Å². The summed E-state index contributed by atoms with van der Waals surface area (Å²) in [4.78, 5) is 47.9. The minimum atomic E-state index is -5.46. The van der Waals surface area contributed by atoms with Gasteiger partial charge >= 0.3 is 23.4 Å². The normalized spacial score (nSPS) is 14.6. The van der Waals surface area contributed by atoms with Gasteiger partial charge < -0.3 is 20.2 Å². The molecule has 11 nitrogen and oxygen atoms in total. The molecule has 0 amide bonds. The zero-order valence-electron chi connectivity index (χ0n) is 17.4. The SMILES string of the molecule is O=C(On1c(=O)c2c(nc(N3CCNCC3)n2-c2ccccc2Cl)n(CCO)c1=O)C(F)(F)F. The van der Waals surface area contributed by atoms with Gasteiger partial charge in [-0.05, 0) is 12.1 Å². The third kappa shape index (κ3) is 4.15. The first kappa shape index (κ1) is 23.8. The Balaban J connectivity index is 2.09. The predicted octanol–water partition coefficient (Wildman–Crippen LogP) is -0.0783. The van der Waals surface area contributed by atoms with E-state index in [0.717, 1.165) is 4.57 Å². The maximum Gasteiger partial charge on any atom is 0.493 e. The Morgan fingerprint density at radius 2 is 1.88 bits per heavy atom. The van der Waals surface area contributed by atoms with Crippen molar-refractivity contribution in [3.63, 3.8) is 0 Å². The second kappa shape index (κ2) is 9.12. The van der Waals surface area contributed by atoms with Crippen LogP contribution in [0.1, 0.15) is 0 Å². The van der Waals surface area contributed by atoms with Crippen LogP contribution in [0.4, 0.5) is 19.1 Å². The number of aliphatic hydroxyl groups is 1. The molecule has 2 N–H and O–H groups in total. The van der Waals surface area contributed by atoms with E-state index in [1.165, 1.54) is 10.6 Å². The van der Waals surface area contributed by atoms with Gasteiger partial charge in [-0.3, -0.25) is 13.9 Å². The number of para-hydroxylation sites is 1. The quantitative estimate of drug-likeness (QED) is 0.497. The topological polar surface area (TPSA) is 124 Å². The van der Waals surface area contributed by atoms with Gasteiger partial charge in [0.25, 0.3) is 0 Å². The molecule has 182 valence electrons. The summed E-state index contributed by atoms with van der Waals surface area (Å²) in [6, 6.07) is 6.36. The number of carbonyl (C=O) groups is 1. The molecule has 34 heavy (non-hydrogen) atoms. The molecule has 2 aromatic heterocycles. The van der Waals surface area contributed by atoms with Crippen LogP contribution in [0.3, 0.4) is 0 Å². The van der Waals surface area contributed by atoms with Crippen molar-refractivity contribution in [3.8, 4) is 5.69 Å². The zero-order chi connectivity index (χ0) is 24.6. The number of imidazole rings is 1. The molecule has 0 atom stereocenters. The van der Waals surface area contributed by atoms with Crippen LogP contribution in [0.2, 0.25) is 5.02 Å². The highest BCUT2D eigenvalue weighted by Crippen LogP contribution is 2.29. The Morgan fingerprint density at radius 1 is 1.21 bits per heavy atom. The molecule has 3 heterocycles. The van der Waals surface area contributed by atoms with E-state index < -0.39 is 36.5 Å². The number of alkyl halides is 3. The number of nitrogens with zero attached hydrogens (tertiary/aromatic N) is 5. The van der Waals surface area contributed by atoms with E-state index in [9.17, 15) is 32.7 Å². The van der Waals surface area contributed by atoms with Crippen LogP contribution in [0.15, 0.2) is 33.9 Å². The summed E-state index contributed by atoms with van der Waals surface area (Å²) >= 11 is 6.36. The fourth-order valence-electron chi connectivity index (χ4n) is 3.62. The van der Waals surface area contributed by atoms with E-state index in [1.807, 2.05) is 0 Å². The maximum atomic E-state index is 13.3. The van der Waals surface area contributed by atoms with E-state index in [0.29, 0.717) is 26.2 Å². The number of benzene rings is 1. The van der Waals surface area contributed by atoms with Crippen LogP contribution in [0.25, 0.3) is 16.9 Å². The number of aromatic nitrogens is 4. The summed E-state index contributed by atoms with van der Waals surface area (Å²) in [5.41, 5.74) is -3.05. The van der Waals surface area contributed by atoms with Crippen LogP contribution < -0.4 is 26.3 Å². The predicted molar refractivity (Wildman–Crippen MR) is 114 cm³/mol. The highest BCUT2D eigenvalue weighted by atomic mass is 35.5. The van der Waals surface area contributed by atoms with E-state index in [4.69, 9.17) is 11.6 Å².